The SMILES string of the molecule is COC(=O)C1=C(C(=O)OC)N(c2ccc(NC(=O)C(C)(C)C)c(Cl)c2)C=CC=C1. The standard InChI is InChI=1S/C21H23ClN2O5/c1-21(2,3)20(27)23-16-10-9-13(12-15(16)22)24-11-7-6-8-14(18(25)28-4)17(24)19(26)29-5/h6-12H,1-5H3,(H,23,27). The number of benzene rings is 1. The number of carbonyl (C=O) groups is 3. The van der Waals surface area contributed by atoms with E-state index in [0.717, 1.165) is 0 Å². The summed E-state index contributed by atoms with van der Waals surface area (Å²) in [5.74, 6) is -1.59. The van der Waals surface area contributed by atoms with E-state index in [9.17, 15) is 14.4 Å². The van der Waals surface area contributed by atoms with Crippen molar-refractivity contribution in [2.75, 3.05) is 24.4 Å². The lowest BCUT2D eigenvalue weighted by Crippen LogP contribution is -2.28. The molecule has 0 aromatic heterocycles. The van der Waals surface area contributed by atoms with Crippen molar-refractivity contribution >= 4 is 40.8 Å². The summed E-state index contributed by atoms with van der Waals surface area (Å²) >= 11 is 6.37. The second-order valence-electron chi connectivity index (χ2n) is 7.18. The van der Waals surface area contributed by atoms with Crippen molar-refractivity contribution in [2.24, 2.45) is 5.41 Å². The molecule has 0 fully saturated rings. The molecule has 1 N–H and O–H groups in total. The third kappa shape index (κ3) is 5.06. The summed E-state index contributed by atoms with van der Waals surface area (Å²) in [7, 11) is 2.45. The second kappa shape index (κ2) is 8.96. The Hall–Kier alpha value is -3.06. The first-order valence-electron chi connectivity index (χ1n) is 8.76. The molecule has 1 aliphatic rings. The molecule has 0 radical (unpaired) electrons. The largest absolute Gasteiger partial charge is 0.465 e. The molecule has 154 valence electrons. The molecule has 0 spiro atoms. The maximum absolute atomic E-state index is 12.5. The maximum atomic E-state index is 12.5. The molecule has 0 bridgehead atoms. The molecule has 0 atom stereocenters. The molecule has 1 amide bonds. The van der Waals surface area contributed by atoms with Gasteiger partial charge in [0, 0.05) is 17.3 Å². The van der Waals surface area contributed by atoms with E-state index in [0.29, 0.717) is 11.4 Å². The fourth-order valence-corrected chi connectivity index (χ4v) is 2.65. The summed E-state index contributed by atoms with van der Waals surface area (Å²) in [6.07, 6.45) is 6.32. The number of halogens is 1. The van der Waals surface area contributed by atoms with E-state index in [4.69, 9.17) is 21.1 Å². The first-order valence-corrected chi connectivity index (χ1v) is 9.14. The molecule has 0 saturated heterocycles. The first kappa shape index (κ1) is 22.2. The van der Waals surface area contributed by atoms with Gasteiger partial charge in [-0.25, -0.2) is 9.59 Å². The fraction of sp³-hybridized carbons (Fsp3) is 0.286. The summed E-state index contributed by atoms with van der Waals surface area (Å²) < 4.78 is 9.65. The fourth-order valence-electron chi connectivity index (χ4n) is 2.43. The minimum Gasteiger partial charge on any atom is -0.465 e. The molecule has 1 aliphatic heterocycles. The molecule has 8 heteroatoms. The van der Waals surface area contributed by atoms with E-state index in [1.54, 1.807) is 57.3 Å². The molecule has 1 aromatic carbocycles. The third-order valence-corrected chi connectivity index (χ3v) is 4.36. The smallest absolute Gasteiger partial charge is 0.355 e. The van der Waals surface area contributed by atoms with E-state index >= 15 is 0 Å². The lowest BCUT2D eigenvalue weighted by molar-refractivity contribution is -0.139. The van der Waals surface area contributed by atoms with Crippen LogP contribution in [-0.2, 0) is 23.9 Å². The number of methoxy groups -OCH3 is 2. The summed E-state index contributed by atoms with van der Waals surface area (Å²) in [6.45, 7) is 5.38. The molecule has 2 rings (SSSR count). The molecular formula is C21H23ClN2O5. The Morgan fingerprint density at radius 3 is 2.24 bits per heavy atom. The van der Waals surface area contributed by atoms with Gasteiger partial charge in [-0.15, -0.1) is 0 Å². The number of hydrogen-bond donors (Lipinski definition) is 1. The Morgan fingerprint density at radius 1 is 1.03 bits per heavy atom. The van der Waals surface area contributed by atoms with Gasteiger partial charge in [0.15, 0.2) is 0 Å². The van der Waals surface area contributed by atoms with Crippen LogP contribution in [0.15, 0.2) is 53.9 Å². The number of amides is 1. The van der Waals surface area contributed by atoms with Crippen molar-refractivity contribution < 1.29 is 23.9 Å². The van der Waals surface area contributed by atoms with E-state index in [-0.39, 0.29) is 22.2 Å². The van der Waals surface area contributed by atoms with Gasteiger partial charge in [0.1, 0.15) is 5.70 Å². The van der Waals surface area contributed by atoms with Gasteiger partial charge in [0.25, 0.3) is 0 Å². The van der Waals surface area contributed by atoms with Crippen LogP contribution >= 0.6 is 11.6 Å². The monoisotopic (exact) mass is 418 g/mol. The van der Waals surface area contributed by atoms with Crippen molar-refractivity contribution in [3.05, 3.63) is 58.9 Å². The van der Waals surface area contributed by atoms with Crippen LogP contribution in [0, 0.1) is 5.41 Å². The van der Waals surface area contributed by atoms with Gasteiger partial charge >= 0.3 is 11.9 Å². The highest BCUT2D eigenvalue weighted by Crippen LogP contribution is 2.32. The average Bonchev–Trinajstić information content (AvgIpc) is 2.90. The number of allylic oxidation sites excluding steroid dienone is 2. The minimum absolute atomic E-state index is 0.0214. The number of carbonyl (C=O) groups excluding carboxylic acids is 3. The van der Waals surface area contributed by atoms with Gasteiger partial charge < -0.3 is 19.7 Å². The van der Waals surface area contributed by atoms with Crippen LogP contribution < -0.4 is 10.2 Å². The summed E-state index contributed by atoms with van der Waals surface area (Å²) in [4.78, 5) is 38.4. The highest BCUT2D eigenvalue weighted by Gasteiger charge is 2.28. The molecule has 29 heavy (non-hydrogen) atoms. The summed E-state index contributed by atoms with van der Waals surface area (Å²) in [5, 5.41) is 3.05. The average molecular weight is 419 g/mol. The van der Waals surface area contributed by atoms with Crippen molar-refractivity contribution in [1.82, 2.24) is 0 Å². The molecule has 0 unspecified atom stereocenters. The Labute approximate surface area is 174 Å². The van der Waals surface area contributed by atoms with Gasteiger partial charge in [-0.05, 0) is 30.4 Å². The summed E-state index contributed by atoms with van der Waals surface area (Å²) in [5.41, 5.74) is 0.351. The Bertz CT molecular complexity index is 925. The van der Waals surface area contributed by atoms with Gasteiger partial charge in [-0.2, -0.15) is 0 Å². The Kier molecular flexibility index (Phi) is 6.87. The van der Waals surface area contributed by atoms with Crippen LogP contribution in [0.25, 0.3) is 0 Å². The van der Waals surface area contributed by atoms with E-state index < -0.39 is 17.4 Å². The molecule has 0 saturated carbocycles. The van der Waals surface area contributed by atoms with Crippen molar-refractivity contribution in [2.45, 2.75) is 20.8 Å². The number of nitrogens with one attached hydrogen (secondary N) is 1. The van der Waals surface area contributed by atoms with Crippen LogP contribution in [0.5, 0.6) is 0 Å². The molecular weight excluding hydrogens is 396 g/mol. The third-order valence-electron chi connectivity index (χ3n) is 4.05. The van der Waals surface area contributed by atoms with Crippen LogP contribution in [0.3, 0.4) is 0 Å². The Morgan fingerprint density at radius 2 is 1.69 bits per heavy atom. The number of hydrogen-bond acceptors (Lipinski definition) is 6. The second-order valence-corrected chi connectivity index (χ2v) is 7.59. The van der Waals surface area contributed by atoms with Gasteiger partial charge in [-0.1, -0.05) is 38.4 Å². The predicted octanol–water partition coefficient (Wildman–Crippen LogP) is 3.81. The number of anilines is 2. The number of ether oxygens (including phenoxy) is 2. The van der Waals surface area contributed by atoms with Crippen molar-refractivity contribution in [3.8, 4) is 0 Å². The highest BCUT2D eigenvalue weighted by molar-refractivity contribution is 6.34. The quantitative estimate of drug-likeness (QED) is 0.748. The number of esters is 2. The zero-order valence-corrected chi connectivity index (χ0v) is 17.7. The van der Waals surface area contributed by atoms with E-state index in [1.807, 2.05) is 0 Å². The topological polar surface area (TPSA) is 84.9 Å². The number of nitrogens with zero attached hydrogens (tertiary/aromatic N) is 1. The highest BCUT2D eigenvalue weighted by atomic mass is 35.5. The van der Waals surface area contributed by atoms with Gasteiger partial charge in [0.05, 0.1) is 30.5 Å². The van der Waals surface area contributed by atoms with Crippen LogP contribution in [-0.4, -0.2) is 32.1 Å². The zero-order chi connectivity index (χ0) is 21.8. The normalized spacial score (nSPS) is 13.8. The van der Waals surface area contributed by atoms with Crippen LogP contribution in [0.2, 0.25) is 5.02 Å². The van der Waals surface area contributed by atoms with Crippen molar-refractivity contribution in [3.63, 3.8) is 0 Å². The predicted molar refractivity (Wildman–Crippen MR) is 111 cm³/mol. The van der Waals surface area contributed by atoms with Crippen LogP contribution in [0.4, 0.5) is 11.4 Å². The minimum atomic E-state index is -0.720. The lowest BCUT2D eigenvalue weighted by Gasteiger charge is -2.24. The van der Waals surface area contributed by atoms with E-state index in [2.05, 4.69) is 5.32 Å². The number of rotatable bonds is 4. The molecule has 1 heterocycles. The zero-order valence-electron chi connectivity index (χ0n) is 16.9. The molecule has 7 nitrogen and oxygen atoms in total. The van der Waals surface area contributed by atoms with Gasteiger partial charge in [0.2, 0.25) is 5.91 Å². The van der Waals surface area contributed by atoms with Gasteiger partial charge in [-0.3, -0.25) is 4.79 Å². The van der Waals surface area contributed by atoms with Crippen LogP contribution in [0.1, 0.15) is 20.8 Å². The first-order chi connectivity index (χ1) is 13.6. The maximum Gasteiger partial charge on any atom is 0.355 e. The summed E-state index contributed by atoms with van der Waals surface area (Å²) in [6, 6.07) is 4.87. The molecule has 1 aromatic rings. The Balaban J connectivity index is 2.51. The van der Waals surface area contributed by atoms with E-state index in [1.165, 1.54) is 25.2 Å². The van der Waals surface area contributed by atoms with Crippen molar-refractivity contribution in [1.29, 1.82) is 0 Å². The lowest BCUT2D eigenvalue weighted by atomic mass is 9.95. The molecule has 0 aliphatic carbocycles.